The molecule has 2 nitrogen and oxygen atoms in total. The molecule has 0 saturated heterocycles. The van der Waals surface area contributed by atoms with Crippen LogP contribution < -0.4 is 10.5 Å². The smallest absolute Gasteiger partial charge is 0.417 e. The van der Waals surface area contributed by atoms with Crippen molar-refractivity contribution >= 4 is 0 Å². The number of methoxy groups -OCH3 is 1. The number of hydrogen-bond donors (Lipinski definition) is 1. The summed E-state index contributed by atoms with van der Waals surface area (Å²) in [7, 11) is 1.06. The highest BCUT2D eigenvalue weighted by atomic mass is 19.4. The predicted molar refractivity (Wildman–Crippen MR) is 50.9 cm³/mol. The number of ether oxygens (including phenoxy) is 1. The SMILES string of the molecule is COc1cc(C(F)(F)F)c(C(F)(F)F)cc1CN. The Morgan fingerprint density at radius 3 is 1.78 bits per heavy atom. The van der Waals surface area contributed by atoms with Gasteiger partial charge in [-0.25, -0.2) is 0 Å². The maximum absolute atomic E-state index is 12.5. The average molecular weight is 273 g/mol. The van der Waals surface area contributed by atoms with Crippen molar-refractivity contribution in [2.45, 2.75) is 18.9 Å². The molecule has 1 rings (SSSR count). The molecule has 0 fully saturated rings. The summed E-state index contributed by atoms with van der Waals surface area (Å²) in [5.74, 6) is -0.321. The van der Waals surface area contributed by atoms with Crippen LogP contribution in [0.3, 0.4) is 0 Å². The summed E-state index contributed by atoms with van der Waals surface area (Å²) < 4.78 is 79.9. The Labute approximate surface area is 98.3 Å². The highest BCUT2D eigenvalue weighted by molar-refractivity contribution is 5.45. The van der Waals surface area contributed by atoms with Gasteiger partial charge in [-0.3, -0.25) is 0 Å². The summed E-state index contributed by atoms with van der Waals surface area (Å²) in [4.78, 5) is 0. The van der Waals surface area contributed by atoms with Crippen molar-refractivity contribution < 1.29 is 31.1 Å². The Bertz CT molecular complexity index is 396. The van der Waals surface area contributed by atoms with Crippen molar-refractivity contribution in [3.8, 4) is 5.75 Å². The van der Waals surface area contributed by atoms with Crippen molar-refractivity contribution in [2.75, 3.05) is 7.11 Å². The van der Waals surface area contributed by atoms with E-state index < -0.39 is 23.5 Å². The number of rotatable bonds is 2. The number of nitrogens with two attached hydrogens (primary N) is 1. The van der Waals surface area contributed by atoms with Gasteiger partial charge in [0.1, 0.15) is 5.75 Å². The second kappa shape index (κ2) is 4.68. The molecule has 0 atom stereocenters. The molecule has 2 N–H and O–H groups in total. The molecule has 0 amide bonds. The van der Waals surface area contributed by atoms with E-state index in [0.29, 0.717) is 12.1 Å². The molecule has 0 spiro atoms. The Kier molecular flexibility index (Phi) is 3.80. The van der Waals surface area contributed by atoms with Gasteiger partial charge in [0, 0.05) is 12.1 Å². The fourth-order valence-electron chi connectivity index (χ4n) is 1.44. The molecular weight excluding hydrogens is 264 g/mol. The molecule has 0 aromatic heterocycles. The van der Waals surface area contributed by atoms with Gasteiger partial charge in [-0.05, 0) is 12.1 Å². The lowest BCUT2D eigenvalue weighted by Crippen LogP contribution is -2.18. The van der Waals surface area contributed by atoms with E-state index in [9.17, 15) is 26.3 Å². The average Bonchev–Trinajstić information content (AvgIpc) is 2.24. The van der Waals surface area contributed by atoms with Gasteiger partial charge in [-0.1, -0.05) is 0 Å². The Morgan fingerprint density at radius 1 is 1.00 bits per heavy atom. The first-order valence-corrected chi connectivity index (χ1v) is 4.66. The quantitative estimate of drug-likeness (QED) is 0.840. The molecule has 0 bridgehead atoms. The fraction of sp³-hybridized carbons (Fsp3) is 0.400. The standard InChI is InChI=1S/C10H9F6NO/c1-18-8-3-7(10(14,15)16)6(9(11,12)13)2-5(8)4-17/h2-3H,4,17H2,1H3. The van der Waals surface area contributed by atoms with Gasteiger partial charge in [-0.2, -0.15) is 26.3 Å². The second-order valence-electron chi connectivity index (χ2n) is 3.41. The summed E-state index contributed by atoms with van der Waals surface area (Å²) in [5, 5.41) is 0. The van der Waals surface area contributed by atoms with Gasteiger partial charge in [0.05, 0.1) is 18.2 Å². The molecule has 102 valence electrons. The van der Waals surface area contributed by atoms with E-state index in [2.05, 4.69) is 4.74 Å². The maximum atomic E-state index is 12.5. The third-order valence-corrected chi connectivity index (χ3v) is 2.25. The van der Waals surface area contributed by atoms with Gasteiger partial charge in [0.15, 0.2) is 0 Å². The zero-order chi connectivity index (χ0) is 14.1. The molecule has 18 heavy (non-hydrogen) atoms. The molecule has 1 aromatic carbocycles. The summed E-state index contributed by atoms with van der Waals surface area (Å²) in [5.41, 5.74) is 1.47. The number of benzene rings is 1. The molecule has 1 aromatic rings. The molecule has 0 aliphatic carbocycles. The minimum atomic E-state index is -5.12. The number of halogens is 6. The number of alkyl halides is 6. The maximum Gasteiger partial charge on any atom is 0.417 e. The molecule has 0 radical (unpaired) electrons. The van der Waals surface area contributed by atoms with Crippen LogP contribution in [0, 0.1) is 0 Å². The van der Waals surface area contributed by atoms with Crippen LogP contribution in [0.15, 0.2) is 12.1 Å². The van der Waals surface area contributed by atoms with Crippen LogP contribution in [-0.2, 0) is 18.9 Å². The van der Waals surface area contributed by atoms with Crippen LogP contribution in [-0.4, -0.2) is 7.11 Å². The van der Waals surface area contributed by atoms with Crippen LogP contribution in [0.25, 0.3) is 0 Å². The zero-order valence-electron chi connectivity index (χ0n) is 9.12. The summed E-state index contributed by atoms with van der Waals surface area (Å²) in [6, 6.07) is 0.673. The van der Waals surface area contributed by atoms with Gasteiger partial charge >= 0.3 is 12.4 Å². The minimum absolute atomic E-state index is 0.141. The molecule has 0 unspecified atom stereocenters. The van der Waals surface area contributed by atoms with E-state index in [-0.39, 0.29) is 17.9 Å². The van der Waals surface area contributed by atoms with Crippen LogP contribution >= 0.6 is 0 Å². The summed E-state index contributed by atoms with van der Waals surface area (Å²) in [6.45, 7) is -0.357. The first-order valence-electron chi connectivity index (χ1n) is 4.66. The topological polar surface area (TPSA) is 35.2 Å². The lowest BCUT2D eigenvalue weighted by Gasteiger charge is -2.18. The molecule has 0 heterocycles. The summed E-state index contributed by atoms with van der Waals surface area (Å²) >= 11 is 0. The molecular formula is C10H9F6NO. The van der Waals surface area contributed by atoms with Gasteiger partial charge < -0.3 is 10.5 Å². The first-order chi connectivity index (χ1) is 8.11. The van der Waals surface area contributed by atoms with Crippen molar-refractivity contribution in [3.63, 3.8) is 0 Å². The van der Waals surface area contributed by atoms with Crippen molar-refractivity contribution in [2.24, 2.45) is 5.73 Å². The van der Waals surface area contributed by atoms with E-state index in [1.807, 2.05) is 0 Å². The van der Waals surface area contributed by atoms with Crippen molar-refractivity contribution in [3.05, 3.63) is 28.8 Å². The van der Waals surface area contributed by atoms with Crippen LogP contribution in [0.4, 0.5) is 26.3 Å². The van der Waals surface area contributed by atoms with Gasteiger partial charge in [0.2, 0.25) is 0 Å². The fourth-order valence-corrected chi connectivity index (χ4v) is 1.44. The molecule has 8 heteroatoms. The monoisotopic (exact) mass is 273 g/mol. The van der Waals surface area contributed by atoms with Gasteiger partial charge in [-0.15, -0.1) is 0 Å². The highest BCUT2D eigenvalue weighted by Crippen LogP contribution is 2.42. The van der Waals surface area contributed by atoms with E-state index in [4.69, 9.17) is 5.73 Å². The van der Waals surface area contributed by atoms with Crippen LogP contribution in [0.2, 0.25) is 0 Å². The molecule has 0 aliphatic rings. The lowest BCUT2D eigenvalue weighted by molar-refractivity contribution is -0.162. The van der Waals surface area contributed by atoms with Crippen molar-refractivity contribution in [1.82, 2.24) is 0 Å². The second-order valence-corrected chi connectivity index (χ2v) is 3.41. The number of hydrogen-bond acceptors (Lipinski definition) is 2. The van der Waals surface area contributed by atoms with Crippen molar-refractivity contribution in [1.29, 1.82) is 0 Å². The summed E-state index contributed by atoms with van der Waals surface area (Å²) in [6.07, 6.45) is -10.2. The molecule has 0 saturated carbocycles. The van der Waals surface area contributed by atoms with Crippen LogP contribution in [0.1, 0.15) is 16.7 Å². The van der Waals surface area contributed by atoms with Crippen LogP contribution in [0.5, 0.6) is 5.75 Å². The van der Waals surface area contributed by atoms with E-state index >= 15 is 0 Å². The minimum Gasteiger partial charge on any atom is -0.496 e. The predicted octanol–water partition coefficient (Wildman–Crippen LogP) is 3.19. The zero-order valence-corrected chi connectivity index (χ0v) is 9.12. The van der Waals surface area contributed by atoms with E-state index in [1.165, 1.54) is 0 Å². The lowest BCUT2D eigenvalue weighted by atomic mass is 10.0. The third-order valence-electron chi connectivity index (χ3n) is 2.25. The van der Waals surface area contributed by atoms with E-state index in [1.54, 1.807) is 0 Å². The van der Waals surface area contributed by atoms with E-state index in [0.717, 1.165) is 7.11 Å². The van der Waals surface area contributed by atoms with Gasteiger partial charge in [0.25, 0.3) is 0 Å². The Balaban J connectivity index is 3.57. The third kappa shape index (κ3) is 2.87. The normalized spacial score (nSPS) is 12.7. The Morgan fingerprint density at radius 2 is 1.44 bits per heavy atom. The highest BCUT2D eigenvalue weighted by Gasteiger charge is 2.43. The molecule has 0 aliphatic heterocycles. The largest absolute Gasteiger partial charge is 0.496 e. The Hall–Kier alpha value is -1.44. The first kappa shape index (κ1) is 14.6.